The number of nitrogens with one attached hydrogen (secondary N) is 2. The Hall–Kier alpha value is -1.35. The number of carbonyl (C=O) groups is 2. The van der Waals surface area contributed by atoms with Gasteiger partial charge < -0.3 is 10.1 Å². The maximum atomic E-state index is 12.4. The molecule has 0 radical (unpaired) electrons. The first-order valence-electron chi connectivity index (χ1n) is 8.15. The van der Waals surface area contributed by atoms with Gasteiger partial charge in [-0.05, 0) is 38.3 Å². The van der Waals surface area contributed by atoms with Crippen LogP contribution in [-0.4, -0.2) is 39.0 Å². The summed E-state index contributed by atoms with van der Waals surface area (Å²) in [4.78, 5) is 23.9. The van der Waals surface area contributed by atoms with Gasteiger partial charge in [-0.3, -0.25) is 4.79 Å². The summed E-state index contributed by atoms with van der Waals surface area (Å²) in [5, 5.41) is 2.43. The molecule has 1 saturated carbocycles. The lowest BCUT2D eigenvalue weighted by Gasteiger charge is -2.15. The molecule has 2 rings (SSSR count). The molecule has 1 aliphatic carbocycles. The highest BCUT2D eigenvalue weighted by Gasteiger charge is 2.31. The van der Waals surface area contributed by atoms with Crippen molar-refractivity contribution in [3.8, 4) is 0 Å². The minimum atomic E-state index is -3.88. The molecule has 1 fully saturated rings. The zero-order chi connectivity index (χ0) is 19.5. The number of halogens is 2. The van der Waals surface area contributed by atoms with Crippen LogP contribution in [0.1, 0.15) is 43.5 Å². The highest BCUT2D eigenvalue weighted by atomic mass is 35.5. The van der Waals surface area contributed by atoms with E-state index in [1.165, 1.54) is 13.0 Å². The van der Waals surface area contributed by atoms with Crippen LogP contribution in [0.15, 0.2) is 17.0 Å². The molecule has 1 aliphatic rings. The fourth-order valence-corrected chi connectivity index (χ4v) is 4.20. The van der Waals surface area contributed by atoms with Crippen molar-refractivity contribution in [1.82, 2.24) is 10.0 Å². The average molecular weight is 423 g/mol. The molecule has 1 aromatic carbocycles. The summed E-state index contributed by atoms with van der Waals surface area (Å²) in [6.07, 6.45) is 1.20. The van der Waals surface area contributed by atoms with E-state index in [2.05, 4.69) is 10.0 Å². The molecule has 7 nitrogen and oxygen atoms in total. The summed E-state index contributed by atoms with van der Waals surface area (Å²) >= 11 is 12.0. The summed E-state index contributed by atoms with van der Waals surface area (Å²) in [7, 11) is -3.88. The quantitative estimate of drug-likeness (QED) is 0.626. The fourth-order valence-electron chi connectivity index (χ4n) is 2.05. The topological polar surface area (TPSA) is 102 Å². The van der Waals surface area contributed by atoms with Crippen LogP contribution in [0.5, 0.6) is 0 Å². The van der Waals surface area contributed by atoms with E-state index in [1.54, 1.807) is 0 Å². The van der Waals surface area contributed by atoms with Crippen molar-refractivity contribution in [2.24, 2.45) is 0 Å². The molecule has 1 aromatic rings. The van der Waals surface area contributed by atoms with Gasteiger partial charge in [0.05, 0.1) is 15.6 Å². The number of ether oxygens (including phenoxy) is 1. The number of sulfonamides is 1. The third-order valence-corrected chi connectivity index (χ3v) is 5.93. The number of hydrogen-bond donors (Lipinski definition) is 2. The number of benzene rings is 1. The second kappa shape index (κ2) is 8.56. The first kappa shape index (κ1) is 21.0. The Labute approximate surface area is 162 Å². The molecule has 0 bridgehead atoms. The van der Waals surface area contributed by atoms with Gasteiger partial charge in [0.15, 0.2) is 6.10 Å². The van der Waals surface area contributed by atoms with E-state index < -0.39 is 28.0 Å². The smallest absolute Gasteiger partial charge is 0.340 e. The summed E-state index contributed by atoms with van der Waals surface area (Å²) in [6, 6.07) is 2.11. The molecule has 0 aromatic heterocycles. The monoisotopic (exact) mass is 422 g/mol. The predicted octanol–water partition coefficient (Wildman–Crippen LogP) is 2.51. The summed E-state index contributed by atoms with van der Waals surface area (Å²) in [5.74, 6) is -1.36. The number of esters is 1. The first-order chi connectivity index (χ1) is 12.2. The standard InChI is InChI=1S/C16H20Cl2N2O5S/c1-3-6-19-15(21)9(2)25-16(22)11-7-14(13(18)8-12(11)17)26(23,24)20-10-4-5-10/h7-10,20H,3-6H2,1-2H3,(H,19,21). The van der Waals surface area contributed by atoms with Crippen LogP contribution in [0.4, 0.5) is 0 Å². The van der Waals surface area contributed by atoms with Gasteiger partial charge >= 0.3 is 5.97 Å². The third kappa shape index (κ3) is 5.33. The molecule has 0 aliphatic heterocycles. The maximum Gasteiger partial charge on any atom is 0.340 e. The second-order valence-electron chi connectivity index (χ2n) is 6.00. The van der Waals surface area contributed by atoms with Crippen LogP contribution < -0.4 is 10.0 Å². The summed E-state index contributed by atoms with van der Waals surface area (Å²) in [6.45, 7) is 3.76. The van der Waals surface area contributed by atoms with E-state index >= 15 is 0 Å². The number of hydrogen-bond acceptors (Lipinski definition) is 5. The molecule has 1 unspecified atom stereocenters. The molecule has 0 spiro atoms. The van der Waals surface area contributed by atoms with E-state index in [4.69, 9.17) is 27.9 Å². The Bertz CT molecular complexity index is 809. The van der Waals surface area contributed by atoms with Crippen molar-refractivity contribution >= 4 is 45.1 Å². The molecular weight excluding hydrogens is 403 g/mol. The maximum absolute atomic E-state index is 12.4. The summed E-state index contributed by atoms with van der Waals surface area (Å²) in [5.41, 5.74) is -0.178. The van der Waals surface area contributed by atoms with Gasteiger partial charge in [0.1, 0.15) is 4.90 Å². The van der Waals surface area contributed by atoms with Crippen molar-refractivity contribution in [2.75, 3.05) is 6.54 Å². The van der Waals surface area contributed by atoms with Crippen LogP contribution >= 0.6 is 23.2 Å². The van der Waals surface area contributed by atoms with Gasteiger partial charge in [0.25, 0.3) is 5.91 Å². The van der Waals surface area contributed by atoms with Crippen LogP contribution in [0.25, 0.3) is 0 Å². The molecule has 1 atom stereocenters. The van der Waals surface area contributed by atoms with E-state index in [-0.39, 0.29) is 26.5 Å². The highest BCUT2D eigenvalue weighted by Crippen LogP contribution is 2.31. The van der Waals surface area contributed by atoms with Crippen molar-refractivity contribution in [2.45, 2.75) is 50.2 Å². The lowest BCUT2D eigenvalue weighted by atomic mass is 10.2. The van der Waals surface area contributed by atoms with Crippen molar-refractivity contribution in [3.63, 3.8) is 0 Å². The van der Waals surface area contributed by atoms with Gasteiger partial charge in [0, 0.05) is 12.6 Å². The predicted molar refractivity (Wildman–Crippen MR) is 98.0 cm³/mol. The van der Waals surface area contributed by atoms with Gasteiger partial charge in [-0.15, -0.1) is 0 Å². The molecule has 0 heterocycles. The third-order valence-electron chi connectivity index (χ3n) is 3.63. The van der Waals surface area contributed by atoms with E-state index in [9.17, 15) is 18.0 Å². The molecule has 10 heteroatoms. The zero-order valence-electron chi connectivity index (χ0n) is 14.3. The molecule has 0 saturated heterocycles. The van der Waals surface area contributed by atoms with Gasteiger partial charge in [-0.2, -0.15) is 0 Å². The minimum absolute atomic E-state index is 0.0634. The Morgan fingerprint density at radius 3 is 2.50 bits per heavy atom. The largest absolute Gasteiger partial charge is 0.449 e. The highest BCUT2D eigenvalue weighted by molar-refractivity contribution is 7.89. The molecule has 1 amide bonds. The average Bonchev–Trinajstić information content (AvgIpc) is 3.35. The van der Waals surface area contributed by atoms with Crippen LogP contribution in [-0.2, 0) is 19.6 Å². The van der Waals surface area contributed by atoms with Gasteiger partial charge in [-0.1, -0.05) is 30.1 Å². The number of rotatable bonds is 8. The normalized spacial score (nSPS) is 15.4. The van der Waals surface area contributed by atoms with Crippen molar-refractivity contribution in [1.29, 1.82) is 0 Å². The lowest BCUT2D eigenvalue weighted by Crippen LogP contribution is -2.36. The van der Waals surface area contributed by atoms with Crippen LogP contribution in [0.3, 0.4) is 0 Å². The van der Waals surface area contributed by atoms with E-state index in [0.717, 1.165) is 25.3 Å². The first-order valence-corrected chi connectivity index (χ1v) is 10.4. The van der Waals surface area contributed by atoms with Crippen LogP contribution in [0.2, 0.25) is 10.0 Å². The van der Waals surface area contributed by atoms with E-state index in [1.807, 2.05) is 6.92 Å². The van der Waals surface area contributed by atoms with Crippen molar-refractivity contribution in [3.05, 3.63) is 27.7 Å². The SMILES string of the molecule is CCCNC(=O)C(C)OC(=O)c1cc(S(=O)(=O)NC2CC2)c(Cl)cc1Cl. The molecular formula is C16H20Cl2N2O5S. The zero-order valence-corrected chi connectivity index (χ0v) is 16.7. The van der Waals surface area contributed by atoms with E-state index in [0.29, 0.717) is 6.54 Å². The molecule has 2 N–H and O–H groups in total. The number of carbonyl (C=O) groups excluding carboxylic acids is 2. The lowest BCUT2D eigenvalue weighted by molar-refractivity contribution is -0.129. The second-order valence-corrected chi connectivity index (χ2v) is 8.49. The van der Waals surface area contributed by atoms with Crippen LogP contribution in [0, 0.1) is 0 Å². The Kier molecular flexibility index (Phi) is 6.90. The molecule has 26 heavy (non-hydrogen) atoms. The number of amides is 1. The molecule has 144 valence electrons. The Morgan fingerprint density at radius 2 is 1.92 bits per heavy atom. The fraction of sp³-hybridized carbons (Fsp3) is 0.500. The van der Waals surface area contributed by atoms with Gasteiger partial charge in [-0.25, -0.2) is 17.9 Å². The minimum Gasteiger partial charge on any atom is -0.449 e. The Morgan fingerprint density at radius 1 is 1.27 bits per heavy atom. The van der Waals surface area contributed by atoms with Gasteiger partial charge in [0.2, 0.25) is 10.0 Å². The Balaban J connectivity index is 2.21. The summed E-state index contributed by atoms with van der Waals surface area (Å²) < 4.78 is 32.3. The van der Waals surface area contributed by atoms with Crippen molar-refractivity contribution < 1.29 is 22.7 Å².